The number of hydrogen-bond acceptors (Lipinski definition) is 1. The Bertz CT molecular complexity index is 233. The van der Waals surface area contributed by atoms with Crippen LogP contribution in [0.25, 0.3) is 0 Å². The molecule has 16 heavy (non-hydrogen) atoms. The van der Waals surface area contributed by atoms with Crippen molar-refractivity contribution in [2.24, 2.45) is 0 Å². The Hall–Kier alpha value is 0.134. The normalized spacial score (nSPS) is 19.8. The van der Waals surface area contributed by atoms with Crippen LogP contribution in [0.2, 0.25) is 19.6 Å². The molecule has 0 aromatic heterocycles. The molecular formula is C13H29NSi2. The van der Waals surface area contributed by atoms with Gasteiger partial charge in [0.1, 0.15) is 0 Å². The lowest BCUT2D eigenvalue weighted by molar-refractivity contribution is 0.568. The summed E-state index contributed by atoms with van der Waals surface area (Å²) in [5.74, 6) is 0. The van der Waals surface area contributed by atoms with Gasteiger partial charge in [0.15, 0.2) is 0 Å². The highest BCUT2D eigenvalue weighted by molar-refractivity contribution is 7.33. The molecule has 0 saturated heterocycles. The summed E-state index contributed by atoms with van der Waals surface area (Å²) in [5.41, 5.74) is 4.17. The molecule has 1 atom stereocenters. The fourth-order valence-corrected chi connectivity index (χ4v) is 9.75. The van der Waals surface area contributed by atoms with Crippen LogP contribution in [0.1, 0.15) is 39.5 Å². The molecule has 1 nitrogen and oxygen atoms in total. The highest BCUT2D eigenvalue weighted by atomic mass is 29.2. The van der Waals surface area contributed by atoms with Crippen molar-refractivity contribution in [2.45, 2.75) is 65.2 Å². The van der Waals surface area contributed by atoms with E-state index in [0.717, 1.165) is 6.04 Å². The minimum atomic E-state index is -0.921. The summed E-state index contributed by atoms with van der Waals surface area (Å²) in [7, 11) is -1.59. The molecule has 1 N–H and O–H groups in total. The molecule has 3 heteroatoms. The predicted octanol–water partition coefficient (Wildman–Crippen LogP) is 3.21. The third kappa shape index (κ3) is 4.98. The second-order valence-electron chi connectivity index (χ2n) is 6.61. The van der Waals surface area contributed by atoms with Gasteiger partial charge < -0.3 is 5.32 Å². The minimum Gasteiger partial charge on any atom is -0.317 e. The lowest BCUT2D eigenvalue weighted by Gasteiger charge is -2.27. The largest absolute Gasteiger partial charge is 0.317 e. The Kier molecular flexibility index (Phi) is 5.48. The molecule has 0 heterocycles. The molecule has 1 rings (SSSR count). The summed E-state index contributed by atoms with van der Waals surface area (Å²) in [6.45, 7) is 12.1. The van der Waals surface area contributed by atoms with Crippen molar-refractivity contribution < 1.29 is 0 Å². The Morgan fingerprint density at radius 2 is 1.81 bits per heavy atom. The number of rotatable bonds is 5. The predicted molar refractivity (Wildman–Crippen MR) is 80.2 cm³/mol. The fourth-order valence-electron chi connectivity index (χ4n) is 2.44. The summed E-state index contributed by atoms with van der Waals surface area (Å²) in [4.78, 5) is 0. The van der Waals surface area contributed by atoms with E-state index >= 15 is 0 Å². The van der Waals surface area contributed by atoms with Crippen LogP contribution in [-0.2, 0) is 0 Å². The van der Waals surface area contributed by atoms with Crippen LogP contribution < -0.4 is 5.32 Å². The summed E-state index contributed by atoms with van der Waals surface area (Å²) < 4.78 is 0. The Balaban J connectivity index is 2.47. The Morgan fingerprint density at radius 1 is 1.25 bits per heavy atom. The van der Waals surface area contributed by atoms with E-state index in [1.807, 2.05) is 0 Å². The SMILES string of the molecule is CC(C)=C[SiH](CNC1CCCC1)[Si](C)(C)C. The number of hydrogen-bond donors (Lipinski definition) is 1. The molecule has 0 aliphatic heterocycles. The van der Waals surface area contributed by atoms with Crippen molar-refractivity contribution in [2.75, 3.05) is 6.17 Å². The van der Waals surface area contributed by atoms with Crippen LogP contribution in [0.3, 0.4) is 0 Å². The molecule has 1 unspecified atom stereocenters. The molecular weight excluding hydrogens is 226 g/mol. The van der Waals surface area contributed by atoms with E-state index in [0.29, 0.717) is 0 Å². The van der Waals surface area contributed by atoms with Gasteiger partial charge in [-0.25, -0.2) is 0 Å². The van der Waals surface area contributed by atoms with Gasteiger partial charge >= 0.3 is 0 Å². The molecule has 1 aliphatic rings. The van der Waals surface area contributed by atoms with E-state index in [2.05, 4.69) is 44.5 Å². The van der Waals surface area contributed by atoms with E-state index in [1.165, 1.54) is 37.4 Å². The topological polar surface area (TPSA) is 12.0 Å². The molecule has 94 valence electrons. The lowest BCUT2D eigenvalue weighted by Crippen LogP contribution is -2.50. The maximum absolute atomic E-state index is 3.85. The van der Waals surface area contributed by atoms with Crippen molar-refractivity contribution in [3.8, 4) is 0 Å². The van der Waals surface area contributed by atoms with Gasteiger partial charge in [-0.15, -0.1) is 5.70 Å². The summed E-state index contributed by atoms with van der Waals surface area (Å²) in [6.07, 6.45) is 7.06. The molecule has 1 aliphatic carbocycles. The first kappa shape index (κ1) is 14.2. The molecule has 0 bridgehead atoms. The van der Waals surface area contributed by atoms with Crippen LogP contribution in [0.4, 0.5) is 0 Å². The van der Waals surface area contributed by atoms with Gasteiger partial charge in [-0.05, 0) is 32.9 Å². The zero-order valence-electron chi connectivity index (χ0n) is 11.8. The summed E-state index contributed by atoms with van der Waals surface area (Å²) in [5, 5.41) is 3.85. The molecule has 0 aromatic rings. The van der Waals surface area contributed by atoms with Gasteiger partial charge in [-0.2, -0.15) is 0 Å². The third-order valence-electron chi connectivity index (χ3n) is 3.63. The van der Waals surface area contributed by atoms with Gasteiger partial charge in [0.2, 0.25) is 0 Å². The van der Waals surface area contributed by atoms with Gasteiger partial charge in [-0.1, -0.05) is 38.1 Å². The number of nitrogens with one attached hydrogen (secondary N) is 1. The van der Waals surface area contributed by atoms with E-state index in [4.69, 9.17) is 0 Å². The average Bonchev–Trinajstić information content (AvgIpc) is 2.62. The Labute approximate surface area is 104 Å². The summed E-state index contributed by atoms with van der Waals surface area (Å²) in [6, 6.07) is 0.844. The maximum Gasteiger partial charge on any atom is 0.0701 e. The van der Waals surface area contributed by atoms with Crippen molar-refractivity contribution in [1.82, 2.24) is 5.32 Å². The van der Waals surface area contributed by atoms with E-state index < -0.39 is 15.9 Å². The lowest BCUT2D eigenvalue weighted by atomic mass is 10.3. The zero-order chi connectivity index (χ0) is 12.2. The van der Waals surface area contributed by atoms with Crippen LogP contribution in [0.15, 0.2) is 11.3 Å². The standard InChI is InChI=1S/C13H29NSi2/c1-12(2)10-15(16(3,4)5)11-14-13-8-6-7-9-13/h10,13-15H,6-9,11H2,1-5H3. The maximum atomic E-state index is 3.85. The highest BCUT2D eigenvalue weighted by Gasteiger charge is 2.27. The average molecular weight is 256 g/mol. The zero-order valence-corrected chi connectivity index (χ0v) is 13.9. The monoisotopic (exact) mass is 255 g/mol. The first-order valence-electron chi connectivity index (χ1n) is 6.78. The van der Waals surface area contributed by atoms with Gasteiger partial charge in [-0.3, -0.25) is 0 Å². The number of allylic oxidation sites excluding steroid dienone is 1. The van der Waals surface area contributed by atoms with Crippen LogP contribution in [-0.4, -0.2) is 28.1 Å². The van der Waals surface area contributed by atoms with Crippen LogP contribution >= 0.6 is 0 Å². The quantitative estimate of drug-likeness (QED) is 0.744. The first-order valence-corrected chi connectivity index (χ1v) is 13.6. The molecule has 0 spiro atoms. The van der Waals surface area contributed by atoms with E-state index in [1.54, 1.807) is 0 Å². The Morgan fingerprint density at radius 3 is 2.25 bits per heavy atom. The van der Waals surface area contributed by atoms with E-state index in [9.17, 15) is 0 Å². The van der Waals surface area contributed by atoms with Crippen molar-refractivity contribution >= 4 is 15.9 Å². The van der Waals surface area contributed by atoms with Gasteiger partial charge in [0.05, 0.1) is 8.31 Å². The molecule has 1 fully saturated rings. The molecule has 0 aromatic carbocycles. The second kappa shape index (κ2) is 6.17. The van der Waals surface area contributed by atoms with Crippen LogP contribution in [0, 0.1) is 0 Å². The first-order chi connectivity index (χ1) is 7.39. The minimum absolute atomic E-state index is 0.670. The van der Waals surface area contributed by atoms with Gasteiger partial charge in [0, 0.05) is 13.6 Å². The smallest absolute Gasteiger partial charge is 0.0701 e. The third-order valence-corrected chi connectivity index (χ3v) is 15.4. The fraction of sp³-hybridized carbons (Fsp3) is 0.846. The van der Waals surface area contributed by atoms with E-state index in [-0.39, 0.29) is 0 Å². The molecule has 0 amide bonds. The summed E-state index contributed by atoms with van der Waals surface area (Å²) >= 11 is 0. The molecule has 0 radical (unpaired) electrons. The highest BCUT2D eigenvalue weighted by Crippen LogP contribution is 2.18. The van der Waals surface area contributed by atoms with Crippen molar-refractivity contribution in [3.05, 3.63) is 11.3 Å². The van der Waals surface area contributed by atoms with Crippen LogP contribution in [0.5, 0.6) is 0 Å². The van der Waals surface area contributed by atoms with Crippen molar-refractivity contribution in [1.29, 1.82) is 0 Å². The second-order valence-corrected chi connectivity index (χ2v) is 20.7. The van der Waals surface area contributed by atoms with Gasteiger partial charge in [0.25, 0.3) is 0 Å². The molecule has 1 saturated carbocycles. The van der Waals surface area contributed by atoms with Crippen molar-refractivity contribution in [3.63, 3.8) is 0 Å².